The summed E-state index contributed by atoms with van der Waals surface area (Å²) >= 11 is 0. The highest BCUT2D eigenvalue weighted by Crippen LogP contribution is 2.27. The number of hydrogen-bond acceptors (Lipinski definition) is 2. The van der Waals surface area contributed by atoms with Crippen LogP contribution in [0.1, 0.15) is 31.0 Å². The molecular formula is C21H23N3O. The molecule has 0 spiro atoms. The third kappa shape index (κ3) is 4.35. The maximum atomic E-state index is 12.2. The number of carbonyl (C=O) groups excluding carboxylic acids is 1. The van der Waals surface area contributed by atoms with Gasteiger partial charge in [0.2, 0.25) is 5.91 Å². The summed E-state index contributed by atoms with van der Waals surface area (Å²) in [7, 11) is 0. The lowest BCUT2D eigenvalue weighted by Gasteiger charge is -2.23. The molecule has 4 nitrogen and oxygen atoms in total. The van der Waals surface area contributed by atoms with Gasteiger partial charge in [-0.2, -0.15) is 0 Å². The highest BCUT2D eigenvalue weighted by Gasteiger charge is 2.17. The van der Waals surface area contributed by atoms with Crippen LogP contribution in [0.3, 0.4) is 0 Å². The lowest BCUT2D eigenvalue weighted by molar-refractivity contribution is -0.115. The Kier molecular flexibility index (Phi) is 5.29. The van der Waals surface area contributed by atoms with Gasteiger partial charge in [0.15, 0.2) is 0 Å². The summed E-state index contributed by atoms with van der Waals surface area (Å²) in [5.41, 5.74) is 3.03. The largest absolute Gasteiger partial charge is 0.330 e. The molecule has 2 aromatic carbocycles. The molecule has 128 valence electrons. The van der Waals surface area contributed by atoms with E-state index in [1.807, 2.05) is 55.0 Å². The average molecular weight is 333 g/mol. The Morgan fingerprint density at radius 3 is 2.40 bits per heavy atom. The maximum absolute atomic E-state index is 12.2. The fraction of sp³-hybridized carbons (Fsp3) is 0.238. The lowest BCUT2D eigenvalue weighted by Crippen LogP contribution is -2.16. The molecule has 0 fully saturated rings. The minimum Gasteiger partial charge on any atom is -0.330 e. The van der Waals surface area contributed by atoms with E-state index in [1.54, 1.807) is 6.20 Å². The van der Waals surface area contributed by atoms with Gasteiger partial charge in [-0.3, -0.25) is 4.79 Å². The smallest absolute Gasteiger partial charge is 0.228 e. The molecule has 4 heteroatoms. The van der Waals surface area contributed by atoms with Gasteiger partial charge in [0.25, 0.3) is 0 Å². The number of amides is 1. The molecule has 0 bridgehead atoms. The van der Waals surface area contributed by atoms with Gasteiger partial charge in [0.05, 0.1) is 18.8 Å². The molecule has 0 aliphatic rings. The average Bonchev–Trinajstić information content (AvgIpc) is 3.11. The molecule has 1 amide bonds. The quantitative estimate of drug-likeness (QED) is 0.730. The first kappa shape index (κ1) is 17.0. The van der Waals surface area contributed by atoms with Crippen molar-refractivity contribution in [2.45, 2.75) is 26.3 Å². The highest BCUT2D eigenvalue weighted by atomic mass is 16.1. The Morgan fingerprint density at radius 2 is 1.80 bits per heavy atom. The van der Waals surface area contributed by atoms with E-state index < -0.39 is 0 Å². The van der Waals surface area contributed by atoms with E-state index in [-0.39, 0.29) is 11.9 Å². The minimum atomic E-state index is -0.00558. The summed E-state index contributed by atoms with van der Waals surface area (Å²) < 4.78 is 2.12. The molecular weight excluding hydrogens is 310 g/mol. The van der Waals surface area contributed by atoms with Crippen LogP contribution in [0.4, 0.5) is 5.69 Å². The summed E-state index contributed by atoms with van der Waals surface area (Å²) in [4.78, 5) is 16.3. The zero-order valence-electron chi connectivity index (χ0n) is 14.6. The molecule has 0 radical (unpaired) electrons. The maximum Gasteiger partial charge on any atom is 0.228 e. The number of hydrogen-bond donors (Lipinski definition) is 1. The first-order valence-electron chi connectivity index (χ1n) is 8.54. The van der Waals surface area contributed by atoms with Crippen LogP contribution in [0.2, 0.25) is 0 Å². The Balaban J connectivity index is 1.68. The van der Waals surface area contributed by atoms with Crippen LogP contribution in [0.5, 0.6) is 0 Å². The fourth-order valence-electron chi connectivity index (χ4n) is 3.09. The predicted octanol–water partition coefficient (Wildman–Crippen LogP) is 4.31. The number of aromatic nitrogens is 2. The van der Waals surface area contributed by atoms with Crippen molar-refractivity contribution in [1.29, 1.82) is 0 Å². The molecule has 3 rings (SSSR count). The third-order valence-electron chi connectivity index (χ3n) is 4.22. The fourth-order valence-corrected chi connectivity index (χ4v) is 3.09. The Hall–Kier alpha value is -2.88. The minimum absolute atomic E-state index is 0.00558. The van der Waals surface area contributed by atoms with E-state index in [0.717, 1.165) is 11.3 Å². The second-order valence-electron chi connectivity index (χ2n) is 6.53. The van der Waals surface area contributed by atoms with Gasteiger partial charge in [-0.05, 0) is 29.2 Å². The number of anilines is 1. The van der Waals surface area contributed by atoms with Gasteiger partial charge >= 0.3 is 0 Å². The van der Waals surface area contributed by atoms with Gasteiger partial charge in [-0.1, -0.05) is 56.3 Å². The molecule has 0 saturated carbocycles. The van der Waals surface area contributed by atoms with Crippen LogP contribution in [0.25, 0.3) is 0 Å². The van der Waals surface area contributed by atoms with Gasteiger partial charge in [0.1, 0.15) is 0 Å². The second kappa shape index (κ2) is 7.79. The van der Waals surface area contributed by atoms with Crippen LogP contribution >= 0.6 is 0 Å². The monoisotopic (exact) mass is 333 g/mol. The molecule has 0 saturated heterocycles. The van der Waals surface area contributed by atoms with Crippen molar-refractivity contribution in [3.8, 4) is 0 Å². The summed E-state index contributed by atoms with van der Waals surface area (Å²) in [6.45, 7) is 4.39. The number of rotatable bonds is 6. The van der Waals surface area contributed by atoms with Crippen LogP contribution in [-0.2, 0) is 11.2 Å². The summed E-state index contributed by atoms with van der Waals surface area (Å²) in [6, 6.07) is 18.1. The van der Waals surface area contributed by atoms with E-state index >= 15 is 0 Å². The van der Waals surface area contributed by atoms with Crippen molar-refractivity contribution in [3.63, 3.8) is 0 Å². The van der Waals surface area contributed by atoms with Crippen molar-refractivity contribution >= 4 is 11.6 Å². The molecule has 1 atom stereocenters. The summed E-state index contributed by atoms with van der Waals surface area (Å²) in [5, 5.41) is 2.96. The first-order valence-corrected chi connectivity index (χ1v) is 8.54. The van der Waals surface area contributed by atoms with E-state index in [9.17, 15) is 4.79 Å². The standard InChI is InChI=1S/C21H23N3O/c1-16(2)21(24-13-12-22-15-24)18-8-10-19(11-9-18)23-20(25)14-17-6-4-3-5-7-17/h3-13,15-16,21H,14H2,1-2H3,(H,23,25). The van der Waals surface area contributed by atoms with Gasteiger partial charge in [0, 0.05) is 18.1 Å². The molecule has 25 heavy (non-hydrogen) atoms. The van der Waals surface area contributed by atoms with Gasteiger partial charge in [-0.25, -0.2) is 4.98 Å². The highest BCUT2D eigenvalue weighted by molar-refractivity contribution is 5.92. The SMILES string of the molecule is CC(C)C(c1ccc(NC(=O)Cc2ccccc2)cc1)n1ccnc1. The van der Waals surface area contributed by atoms with Gasteiger partial charge < -0.3 is 9.88 Å². The van der Waals surface area contributed by atoms with Crippen molar-refractivity contribution in [2.75, 3.05) is 5.32 Å². The van der Waals surface area contributed by atoms with E-state index in [2.05, 4.69) is 40.8 Å². The molecule has 1 unspecified atom stereocenters. The van der Waals surface area contributed by atoms with Crippen LogP contribution in [-0.4, -0.2) is 15.5 Å². The van der Waals surface area contributed by atoms with Crippen LogP contribution in [0.15, 0.2) is 73.3 Å². The van der Waals surface area contributed by atoms with Gasteiger partial charge in [-0.15, -0.1) is 0 Å². The number of imidazole rings is 1. The molecule has 1 heterocycles. The summed E-state index contributed by atoms with van der Waals surface area (Å²) in [5.74, 6) is 0.432. The molecule has 1 aromatic heterocycles. The van der Waals surface area contributed by atoms with E-state index in [1.165, 1.54) is 5.56 Å². The Morgan fingerprint density at radius 1 is 1.08 bits per heavy atom. The normalized spacial score (nSPS) is 12.1. The van der Waals surface area contributed by atoms with E-state index in [0.29, 0.717) is 12.3 Å². The number of nitrogens with zero attached hydrogens (tertiary/aromatic N) is 2. The Labute approximate surface area is 148 Å². The number of benzene rings is 2. The van der Waals surface area contributed by atoms with Crippen molar-refractivity contribution in [3.05, 3.63) is 84.4 Å². The second-order valence-corrected chi connectivity index (χ2v) is 6.53. The zero-order valence-corrected chi connectivity index (χ0v) is 14.6. The van der Waals surface area contributed by atoms with Crippen molar-refractivity contribution in [1.82, 2.24) is 9.55 Å². The molecule has 0 aliphatic heterocycles. The van der Waals surface area contributed by atoms with Crippen LogP contribution < -0.4 is 5.32 Å². The molecule has 1 N–H and O–H groups in total. The Bertz CT molecular complexity index is 793. The van der Waals surface area contributed by atoms with Crippen molar-refractivity contribution < 1.29 is 4.79 Å². The first-order chi connectivity index (χ1) is 12.1. The number of carbonyl (C=O) groups is 1. The van der Waals surface area contributed by atoms with Crippen LogP contribution in [0, 0.1) is 5.92 Å². The number of nitrogens with one attached hydrogen (secondary N) is 1. The zero-order chi connectivity index (χ0) is 17.6. The molecule has 0 aliphatic carbocycles. The third-order valence-corrected chi connectivity index (χ3v) is 4.22. The van der Waals surface area contributed by atoms with E-state index in [4.69, 9.17) is 0 Å². The predicted molar refractivity (Wildman–Crippen MR) is 100 cm³/mol. The topological polar surface area (TPSA) is 46.9 Å². The molecule has 3 aromatic rings. The lowest BCUT2D eigenvalue weighted by atomic mass is 9.95. The van der Waals surface area contributed by atoms with Crippen molar-refractivity contribution in [2.24, 2.45) is 5.92 Å². The summed E-state index contributed by atoms with van der Waals surface area (Å²) in [6.07, 6.45) is 6.01.